The Bertz CT molecular complexity index is 1680. The number of aryl methyl sites for hydroxylation is 2. The molecular formula is C31H25BrN2O5. The summed E-state index contributed by atoms with van der Waals surface area (Å²) in [6.45, 7) is 4.22. The fraction of sp³-hybridized carbons (Fsp3) is 0.129. The first kappa shape index (κ1) is 26.2. The van der Waals surface area contributed by atoms with Crippen LogP contribution in [0.5, 0.6) is 11.5 Å². The molecule has 196 valence electrons. The lowest BCUT2D eigenvalue weighted by atomic mass is 10.0. The maximum atomic E-state index is 13.3. The second-order valence-electron chi connectivity index (χ2n) is 9.20. The monoisotopic (exact) mass is 584 g/mol. The summed E-state index contributed by atoms with van der Waals surface area (Å²) in [4.78, 5) is 39.4. The van der Waals surface area contributed by atoms with Gasteiger partial charge >= 0.3 is 6.03 Å². The molecule has 4 aromatic carbocycles. The minimum Gasteiger partial charge on any atom is -0.493 e. The van der Waals surface area contributed by atoms with Crippen LogP contribution in [0.1, 0.15) is 22.3 Å². The number of fused-ring (bicyclic) bond motifs is 1. The van der Waals surface area contributed by atoms with Crippen molar-refractivity contribution < 1.29 is 23.9 Å². The van der Waals surface area contributed by atoms with E-state index in [4.69, 9.17) is 9.47 Å². The number of amides is 4. The number of rotatable bonds is 6. The number of halogens is 1. The highest BCUT2D eigenvalue weighted by atomic mass is 79.9. The molecule has 5 rings (SSSR count). The molecule has 0 spiro atoms. The Morgan fingerprint density at radius 2 is 1.74 bits per heavy atom. The Labute approximate surface area is 234 Å². The van der Waals surface area contributed by atoms with Crippen molar-refractivity contribution in [3.8, 4) is 11.5 Å². The van der Waals surface area contributed by atoms with Crippen LogP contribution in [0, 0.1) is 13.8 Å². The van der Waals surface area contributed by atoms with Gasteiger partial charge in [-0.15, -0.1) is 0 Å². The van der Waals surface area contributed by atoms with Crippen LogP contribution < -0.4 is 19.7 Å². The highest BCUT2D eigenvalue weighted by Gasteiger charge is 2.37. The average Bonchev–Trinajstić information content (AvgIpc) is 2.91. The van der Waals surface area contributed by atoms with Crippen molar-refractivity contribution in [3.05, 3.63) is 105 Å². The lowest BCUT2D eigenvalue weighted by molar-refractivity contribution is -0.122. The number of nitrogens with one attached hydrogen (secondary N) is 1. The van der Waals surface area contributed by atoms with Gasteiger partial charge in [-0.05, 0) is 87.6 Å². The third kappa shape index (κ3) is 5.15. The molecule has 0 aromatic heterocycles. The van der Waals surface area contributed by atoms with Crippen molar-refractivity contribution in [1.82, 2.24) is 5.32 Å². The van der Waals surface area contributed by atoms with Gasteiger partial charge in [0.2, 0.25) is 0 Å². The predicted octanol–water partition coefficient (Wildman–Crippen LogP) is 6.47. The molecule has 0 atom stereocenters. The number of carbonyl (C=O) groups excluding carboxylic acids is 3. The molecule has 1 heterocycles. The average molecular weight is 585 g/mol. The lowest BCUT2D eigenvalue weighted by Crippen LogP contribution is -2.54. The molecule has 1 fully saturated rings. The van der Waals surface area contributed by atoms with Gasteiger partial charge in [0, 0.05) is 5.56 Å². The summed E-state index contributed by atoms with van der Waals surface area (Å²) < 4.78 is 12.4. The summed E-state index contributed by atoms with van der Waals surface area (Å²) in [5, 5.41) is 4.49. The summed E-state index contributed by atoms with van der Waals surface area (Å²) in [7, 11) is 1.52. The number of ether oxygens (including phenoxy) is 2. The molecule has 39 heavy (non-hydrogen) atoms. The zero-order valence-electron chi connectivity index (χ0n) is 21.6. The fourth-order valence-corrected chi connectivity index (χ4v) is 5.14. The summed E-state index contributed by atoms with van der Waals surface area (Å²) in [5.41, 5.74) is 3.77. The predicted molar refractivity (Wildman–Crippen MR) is 154 cm³/mol. The Morgan fingerprint density at radius 3 is 2.51 bits per heavy atom. The molecule has 0 unspecified atom stereocenters. The summed E-state index contributed by atoms with van der Waals surface area (Å²) >= 11 is 3.56. The second kappa shape index (κ2) is 10.7. The fourth-order valence-electron chi connectivity index (χ4n) is 4.57. The molecular weight excluding hydrogens is 560 g/mol. The van der Waals surface area contributed by atoms with Crippen LogP contribution in [0.3, 0.4) is 0 Å². The van der Waals surface area contributed by atoms with E-state index in [1.165, 1.54) is 13.2 Å². The van der Waals surface area contributed by atoms with E-state index in [1.807, 2.05) is 32.0 Å². The van der Waals surface area contributed by atoms with Crippen LogP contribution >= 0.6 is 15.9 Å². The van der Waals surface area contributed by atoms with Gasteiger partial charge < -0.3 is 9.47 Å². The van der Waals surface area contributed by atoms with Crippen molar-refractivity contribution in [2.24, 2.45) is 0 Å². The zero-order chi connectivity index (χ0) is 27.7. The van der Waals surface area contributed by atoms with E-state index in [9.17, 15) is 14.4 Å². The number of hydrogen-bond donors (Lipinski definition) is 1. The number of hydrogen-bond acceptors (Lipinski definition) is 5. The standard InChI is InChI=1S/C31H25BrN2O5/c1-18-7-6-9-22(13-18)34-30(36)24(29(35)33-31(34)37)14-20-15-26(32)28(27(16-20)38-3)39-17-25-19(2)11-12-21-8-4-5-10-23(21)25/h4-16H,17H2,1-3H3,(H,33,35,37)/b24-14+. The van der Waals surface area contributed by atoms with Crippen LogP contribution in [0.15, 0.2) is 82.8 Å². The number of anilines is 1. The van der Waals surface area contributed by atoms with Gasteiger partial charge in [-0.25, -0.2) is 9.69 Å². The highest BCUT2D eigenvalue weighted by molar-refractivity contribution is 9.10. The largest absolute Gasteiger partial charge is 0.493 e. The molecule has 4 amide bonds. The van der Waals surface area contributed by atoms with Gasteiger partial charge in [0.05, 0.1) is 17.3 Å². The number of carbonyl (C=O) groups is 3. The van der Waals surface area contributed by atoms with Crippen LogP contribution in [0.25, 0.3) is 16.8 Å². The van der Waals surface area contributed by atoms with Crippen molar-refractivity contribution in [2.75, 3.05) is 12.0 Å². The lowest BCUT2D eigenvalue weighted by Gasteiger charge is -2.26. The summed E-state index contributed by atoms with van der Waals surface area (Å²) in [5.74, 6) is -0.570. The van der Waals surface area contributed by atoms with E-state index in [0.717, 1.165) is 32.4 Å². The van der Waals surface area contributed by atoms with Crippen LogP contribution in [0.2, 0.25) is 0 Å². The van der Waals surface area contributed by atoms with Gasteiger partial charge in [-0.1, -0.05) is 48.5 Å². The second-order valence-corrected chi connectivity index (χ2v) is 10.1. The number of barbiturate groups is 1. The third-order valence-corrected chi connectivity index (χ3v) is 7.15. The number of benzene rings is 4. The van der Waals surface area contributed by atoms with E-state index < -0.39 is 17.8 Å². The van der Waals surface area contributed by atoms with E-state index in [0.29, 0.717) is 33.8 Å². The SMILES string of the molecule is COc1cc(/C=C2\C(=O)NC(=O)N(c3cccc(C)c3)C2=O)cc(Br)c1OCc1c(C)ccc2ccccc12. The quantitative estimate of drug-likeness (QED) is 0.207. The number of methoxy groups -OCH3 is 1. The molecule has 0 saturated carbocycles. The first-order valence-corrected chi connectivity index (χ1v) is 13.0. The van der Waals surface area contributed by atoms with Gasteiger partial charge in [0.15, 0.2) is 11.5 Å². The topological polar surface area (TPSA) is 84.9 Å². The molecule has 1 N–H and O–H groups in total. The van der Waals surface area contributed by atoms with Crippen molar-refractivity contribution >= 4 is 56.3 Å². The number of nitrogens with zero attached hydrogens (tertiary/aromatic N) is 1. The Hall–Kier alpha value is -4.43. The molecule has 4 aromatic rings. The van der Waals surface area contributed by atoms with E-state index >= 15 is 0 Å². The zero-order valence-corrected chi connectivity index (χ0v) is 23.2. The van der Waals surface area contributed by atoms with Crippen molar-refractivity contribution in [1.29, 1.82) is 0 Å². The van der Waals surface area contributed by atoms with Crippen molar-refractivity contribution in [3.63, 3.8) is 0 Å². The maximum absolute atomic E-state index is 13.3. The molecule has 0 radical (unpaired) electrons. The van der Waals surface area contributed by atoms with E-state index in [1.54, 1.807) is 30.3 Å². The minimum absolute atomic E-state index is 0.176. The Balaban J connectivity index is 1.46. The maximum Gasteiger partial charge on any atom is 0.335 e. The molecule has 7 nitrogen and oxygen atoms in total. The van der Waals surface area contributed by atoms with E-state index in [2.05, 4.69) is 45.5 Å². The van der Waals surface area contributed by atoms with Gasteiger partial charge in [-0.3, -0.25) is 14.9 Å². The first-order chi connectivity index (χ1) is 18.8. The minimum atomic E-state index is -0.793. The molecule has 0 aliphatic carbocycles. The molecule has 1 aliphatic heterocycles. The van der Waals surface area contributed by atoms with Crippen LogP contribution in [-0.2, 0) is 16.2 Å². The molecule has 1 aliphatic rings. The molecule has 8 heteroatoms. The van der Waals surface area contributed by atoms with Gasteiger partial charge in [0.1, 0.15) is 12.2 Å². The summed E-state index contributed by atoms with van der Waals surface area (Å²) in [6.07, 6.45) is 1.43. The first-order valence-electron chi connectivity index (χ1n) is 12.2. The summed E-state index contributed by atoms with van der Waals surface area (Å²) in [6, 6.07) is 21.8. The molecule has 0 bridgehead atoms. The third-order valence-electron chi connectivity index (χ3n) is 6.56. The van der Waals surface area contributed by atoms with Crippen LogP contribution in [-0.4, -0.2) is 25.0 Å². The van der Waals surface area contributed by atoms with Crippen molar-refractivity contribution in [2.45, 2.75) is 20.5 Å². The Kier molecular flexibility index (Phi) is 7.21. The van der Waals surface area contributed by atoms with Gasteiger partial charge in [0.25, 0.3) is 11.8 Å². The van der Waals surface area contributed by atoms with Gasteiger partial charge in [-0.2, -0.15) is 0 Å². The number of urea groups is 1. The Morgan fingerprint density at radius 1 is 0.949 bits per heavy atom. The highest BCUT2D eigenvalue weighted by Crippen LogP contribution is 2.38. The smallest absolute Gasteiger partial charge is 0.335 e. The number of imide groups is 2. The normalized spacial score (nSPS) is 14.6. The van der Waals surface area contributed by atoms with E-state index in [-0.39, 0.29) is 5.57 Å². The molecule has 1 saturated heterocycles. The van der Waals surface area contributed by atoms with Crippen LogP contribution in [0.4, 0.5) is 10.5 Å².